The summed E-state index contributed by atoms with van der Waals surface area (Å²) in [6.07, 6.45) is 1.37. The summed E-state index contributed by atoms with van der Waals surface area (Å²) < 4.78 is 0. The first kappa shape index (κ1) is 15.8. The van der Waals surface area contributed by atoms with E-state index in [4.69, 9.17) is 16.7 Å². The minimum absolute atomic E-state index is 0.0102. The van der Waals surface area contributed by atoms with E-state index in [0.717, 1.165) is 6.42 Å². The largest absolute Gasteiger partial charge is 0.396 e. The predicted octanol–water partition coefficient (Wildman–Crippen LogP) is 1.82. The molecule has 0 aromatic heterocycles. The van der Waals surface area contributed by atoms with Crippen LogP contribution in [0.4, 0.5) is 5.69 Å². The van der Waals surface area contributed by atoms with Gasteiger partial charge in [0.25, 0.3) is 5.91 Å². The molecule has 0 saturated carbocycles. The van der Waals surface area contributed by atoms with E-state index in [2.05, 4.69) is 5.32 Å². The van der Waals surface area contributed by atoms with Crippen LogP contribution in [0.25, 0.3) is 0 Å². The van der Waals surface area contributed by atoms with E-state index in [-0.39, 0.29) is 24.3 Å². The smallest absolute Gasteiger partial charge is 0.252 e. The van der Waals surface area contributed by atoms with Gasteiger partial charge in [-0.3, -0.25) is 9.59 Å². The van der Waals surface area contributed by atoms with Crippen molar-refractivity contribution >= 4 is 29.1 Å². The number of nitrogens with zero attached hydrogens (tertiary/aromatic N) is 1. The third kappa shape index (κ3) is 3.74. The summed E-state index contributed by atoms with van der Waals surface area (Å²) in [5.41, 5.74) is 1.04. The molecule has 1 atom stereocenters. The molecule has 2 rings (SSSR count). The molecule has 2 amide bonds. The summed E-state index contributed by atoms with van der Waals surface area (Å²) in [6, 6.07) is 5.02. The number of nitrogens with one attached hydrogen (secondary N) is 1. The van der Waals surface area contributed by atoms with Gasteiger partial charge >= 0.3 is 0 Å². The minimum Gasteiger partial charge on any atom is -0.396 e. The Kier molecular flexibility index (Phi) is 5.20. The van der Waals surface area contributed by atoms with E-state index in [1.807, 2.05) is 6.92 Å². The van der Waals surface area contributed by atoms with Gasteiger partial charge < -0.3 is 15.3 Å². The van der Waals surface area contributed by atoms with E-state index in [0.29, 0.717) is 35.8 Å². The maximum absolute atomic E-state index is 12.2. The molecule has 1 saturated heterocycles. The zero-order valence-electron chi connectivity index (χ0n) is 11.9. The van der Waals surface area contributed by atoms with Gasteiger partial charge in [0.05, 0.1) is 10.6 Å². The molecule has 0 spiro atoms. The molecule has 0 aliphatic carbocycles. The molecule has 21 heavy (non-hydrogen) atoms. The Morgan fingerprint density at radius 3 is 2.90 bits per heavy atom. The van der Waals surface area contributed by atoms with Gasteiger partial charge in [-0.15, -0.1) is 0 Å². The van der Waals surface area contributed by atoms with Gasteiger partial charge in [0.15, 0.2) is 0 Å². The standard InChI is InChI=1S/C15H19ClN2O3/c1-10(9-19)8-17-15(21)12-7-11(4-5-13(12)16)18-6-2-3-14(18)20/h4-5,7,10,19H,2-3,6,8-9H2,1H3,(H,17,21). The molecule has 114 valence electrons. The van der Waals surface area contributed by atoms with Crippen LogP contribution < -0.4 is 10.2 Å². The number of carbonyl (C=O) groups is 2. The second kappa shape index (κ2) is 6.91. The number of hydrogen-bond acceptors (Lipinski definition) is 3. The normalized spacial score (nSPS) is 16.1. The Labute approximate surface area is 128 Å². The second-order valence-electron chi connectivity index (χ2n) is 5.31. The van der Waals surface area contributed by atoms with Crippen molar-refractivity contribution in [1.82, 2.24) is 5.32 Å². The van der Waals surface area contributed by atoms with Gasteiger partial charge in [-0.2, -0.15) is 0 Å². The number of benzene rings is 1. The number of rotatable bonds is 5. The molecular weight excluding hydrogens is 292 g/mol. The molecule has 1 aromatic carbocycles. The van der Waals surface area contributed by atoms with Crippen LogP contribution in [0.3, 0.4) is 0 Å². The molecule has 6 heteroatoms. The lowest BCUT2D eigenvalue weighted by molar-refractivity contribution is -0.117. The third-order valence-electron chi connectivity index (χ3n) is 3.50. The summed E-state index contributed by atoms with van der Waals surface area (Å²) in [4.78, 5) is 25.6. The van der Waals surface area contributed by atoms with E-state index in [1.165, 1.54) is 0 Å². The summed E-state index contributed by atoms with van der Waals surface area (Å²) >= 11 is 6.07. The van der Waals surface area contributed by atoms with Gasteiger partial charge in [0.1, 0.15) is 0 Å². The fraction of sp³-hybridized carbons (Fsp3) is 0.467. The lowest BCUT2D eigenvalue weighted by Crippen LogP contribution is -2.30. The molecular formula is C15H19ClN2O3. The van der Waals surface area contributed by atoms with E-state index in [9.17, 15) is 9.59 Å². The van der Waals surface area contributed by atoms with Crippen LogP contribution in [0.15, 0.2) is 18.2 Å². The number of aliphatic hydroxyl groups is 1. The van der Waals surface area contributed by atoms with Crippen LogP contribution in [-0.4, -0.2) is 36.6 Å². The van der Waals surface area contributed by atoms with Crippen molar-refractivity contribution in [2.24, 2.45) is 5.92 Å². The molecule has 5 nitrogen and oxygen atoms in total. The zero-order chi connectivity index (χ0) is 15.4. The van der Waals surface area contributed by atoms with Crippen molar-refractivity contribution in [3.8, 4) is 0 Å². The average molecular weight is 311 g/mol. The molecule has 1 aromatic rings. The first-order chi connectivity index (χ1) is 10.0. The number of carbonyl (C=O) groups excluding carboxylic acids is 2. The number of anilines is 1. The van der Waals surface area contributed by atoms with Crippen LogP contribution in [-0.2, 0) is 4.79 Å². The van der Waals surface area contributed by atoms with E-state index >= 15 is 0 Å². The van der Waals surface area contributed by atoms with Gasteiger partial charge in [-0.1, -0.05) is 18.5 Å². The van der Waals surface area contributed by atoms with Crippen molar-refractivity contribution < 1.29 is 14.7 Å². The van der Waals surface area contributed by atoms with E-state index < -0.39 is 0 Å². The van der Waals surface area contributed by atoms with Gasteiger partial charge in [0, 0.05) is 31.8 Å². The van der Waals surface area contributed by atoms with Crippen molar-refractivity contribution in [2.75, 3.05) is 24.6 Å². The summed E-state index contributed by atoms with van der Waals surface area (Å²) in [5.74, 6) is -0.248. The molecule has 1 heterocycles. The van der Waals surface area contributed by atoms with Gasteiger partial charge in [-0.25, -0.2) is 0 Å². The highest BCUT2D eigenvalue weighted by molar-refractivity contribution is 6.34. The third-order valence-corrected chi connectivity index (χ3v) is 3.83. The van der Waals surface area contributed by atoms with Gasteiger partial charge in [0.2, 0.25) is 5.91 Å². The zero-order valence-corrected chi connectivity index (χ0v) is 12.7. The Balaban J connectivity index is 2.15. The molecule has 1 fully saturated rings. The van der Waals surface area contributed by atoms with Crippen LogP contribution >= 0.6 is 11.6 Å². The van der Waals surface area contributed by atoms with Gasteiger partial charge in [-0.05, 0) is 30.5 Å². The minimum atomic E-state index is -0.297. The molecule has 2 N–H and O–H groups in total. The Morgan fingerprint density at radius 1 is 1.52 bits per heavy atom. The summed E-state index contributed by atoms with van der Waals surface area (Å²) in [7, 11) is 0. The van der Waals surface area contributed by atoms with Crippen molar-refractivity contribution in [1.29, 1.82) is 0 Å². The lowest BCUT2D eigenvalue weighted by Gasteiger charge is -2.17. The first-order valence-corrected chi connectivity index (χ1v) is 7.39. The van der Waals surface area contributed by atoms with Crippen LogP contribution in [0.1, 0.15) is 30.1 Å². The molecule has 0 radical (unpaired) electrons. The maximum atomic E-state index is 12.2. The fourth-order valence-corrected chi connectivity index (χ4v) is 2.41. The first-order valence-electron chi connectivity index (χ1n) is 7.02. The number of hydrogen-bond donors (Lipinski definition) is 2. The molecule has 1 aliphatic rings. The SMILES string of the molecule is CC(CO)CNC(=O)c1cc(N2CCCC2=O)ccc1Cl. The number of halogens is 1. The Morgan fingerprint density at radius 2 is 2.29 bits per heavy atom. The maximum Gasteiger partial charge on any atom is 0.252 e. The monoisotopic (exact) mass is 310 g/mol. The Bertz CT molecular complexity index is 548. The Hall–Kier alpha value is -1.59. The van der Waals surface area contributed by atoms with Crippen molar-refractivity contribution in [3.63, 3.8) is 0 Å². The lowest BCUT2D eigenvalue weighted by atomic mass is 10.1. The second-order valence-corrected chi connectivity index (χ2v) is 5.72. The van der Waals surface area contributed by atoms with Crippen LogP contribution in [0.5, 0.6) is 0 Å². The molecule has 1 aliphatic heterocycles. The predicted molar refractivity (Wildman–Crippen MR) is 81.6 cm³/mol. The molecule has 1 unspecified atom stereocenters. The highest BCUT2D eigenvalue weighted by Gasteiger charge is 2.23. The van der Waals surface area contributed by atoms with Crippen LogP contribution in [0.2, 0.25) is 5.02 Å². The highest BCUT2D eigenvalue weighted by atomic mass is 35.5. The van der Waals surface area contributed by atoms with Crippen LogP contribution in [0, 0.1) is 5.92 Å². The van der Waals surface area contributed by atoms with Crippen molar-refractivity contribution in [3.05, 3.63) is 28.8 Å². The number of amides is 2. The summed E-state index contributed by atoms with van der Waals surface area (Å²) in [5, 5.41) is 12.0. The topological polar surface area (TPSA) is 69.6 Å². The van der Waals surface area contributed by atoms with Crippen molar-refractivity contribution in [2.45, 2.75) is 19.8 Å². The number of aliphatic hydroxyl groups excluding tert-OH is 1. The summed E-state index contributed by atoms with van der Waals surface area (Å²) in [6.45, 7) is 2.89. The average Bonchev–Trinajstić information content (AvgIpc) is 2.91. The van der Waals surface area contributed by atoms with E-state index in [1.54, 1.807) is 23.1 Å². The highest BCUT2D eigenvalue weighted by Crippen LogP contribution is 2.26. The quantitative estimate of drug-likeness (QED) is 0.871. The molecule has 0 bridgehead atoms. The fourth-order valence-electron chi connectivity index (χ4n) is 2.20.